The van der Waals surface area contributed by atoms with E-state index in [1.807, 2.05) is 18.2 Å². The van der Waals surface area contributed by atoms with Gasteiger partial charge >= 0.3 is 0 Å². The van der Waals surface area contributed by atoms with Crippen LogP contribution in [0.5, 0.6) is 5.75 Å². The van der Waals surface area contributed by atoms with Crippen LogP contribution in [-0.2, 0) is 16.1 Å². The van der Waals surface area contributed by atoms with Crippen molar-refractivity contribution in [2.75, 3.05) is 19.7 Å². The number of nitrogens with zero attached hydrogens (tertiary/aromatic N) is 2. The van der Waals surface area contributed by atoms with Crippen molar-refractivity contribution in [1.82, 2.24) is 15.1 Å². The van der Waals surface area contributed by atoms with Gasteiger partial charge in [0.2, 0.25) is 11.8 Å². The van der Waals surface area contributed by atoms with Crippen LogP contribution in [0.1, 0.15) is 58.8 Å². The van der Waals surface area contributed by atoms with E-state index >= 15 is 0 Å². The molecule has 4 aliphatic heterocycles. The maximum Gasteiger partial charge on any atom is 0.255 e. The highest BCUT2D eigenvalue weighted by molar-refractivity contribution is 6.05. The van der Waals surface area contributed by atoms with Gasteiger partial charge in [0.15, 0.2) is 0 Å². The van der Waals surface area contributed by atoms with Gasteiger partial charge in [0.25, 0.3) is 5.91 Å². The number of piperidine rings is 3. The Morgan fingerprint density at radius 3 is 2.30 bits per heavy atom. The highest BCUT2D eigenvalue weighted by Crippen LogP contribution is 2.53. The molecule has 1 aliphatic carbocycles. The molecule has 1 unspecified atom stereocenters. The van der Waals surface area contributed by atoms with Crippen LogP contribution in [0.3, 0.4) is 0 Å². The first-order chi connectivity index (χ1) is 19.5. The van der Waals surface area contributed by atoms with Crippen LogP contribution in [0.4, 0.5) is 0 Å². The first-order valence-corrected chi connectivity index (χ1v) is 14.2. The number of fused-ring (bicyclic) bond motifs is 3. The summed E-state index contributed by atoms with van der Waals surface area (Å²) in [6, 6.07) is 26.8. The molecule has 4 fully saturated rings. The molecular formula is C33H33N3O4. The lowest BCUT2D eigenvalue weighted by atomic mass is 9.58. The molecule has 0 radical (unpaired) electrons. The summed E-state index contributed by atoms with van der Waals surface area (Å²) in [4.78, 5) is 41.2. The number of benzene rings is 3. The van der Waals surface area contributed by atoms with Crippen molar-refractivity contribution in [2.45, 2.75) is 44.3 Å². The highest BCUT2D eigenvalue weighted by atomic mass is 16.5. The number of ether oxygens (including phenoxy) is 1. The molecule has 7 heteroatoms. The predicted octanol–water partition coefficient (Wildman–Crippen LogP) is 4.33. The molecule has 40 heavy (non-hydrogen) atoms. The normalized spacial score (nSPS) is 25.9. The standard InChI is InChI=1S/C33H33N3O4/c37-29-14-13-28(31(38)34-29)36-19-25-15-26(11-12-27(25)32(36)39)40-21-33-16-22(17-33)18-35(20-33)30(23-7-3-1-4-8-23)24-9-5-2-6-10-24/h1-12,15,22,28,30H,13-14,16-21H2,(H,34,37,38). The molecule has 5 aliphatic rings. The molecule has 4 heterocycles. The molecule has 3 saturated heterocycles. The van der Waals surface area contributed by atoms with Crippen molar-refractivity contribution in [3.8, 4) is 5.75 Å². The largest absolute Gasteiger partial charge is 0.493 e. The number of imide groups is 1. The zero-order valence-electron chi connectivity index (χ0n) is 22.4. The molecule has 204 valence electrons. The first-order valence-electron chi connectivity index (χ1n) is 14.2. The van der Waals surface area contributed by atoms with Gasteiger partial charge in [-0.25, -0.2) is 0 Å². The predicted molar refractivity (Wildman–Crippen MR) is 149 cm³/mol. The van der Waals surface area contributed by atoms with Crippen molar-refractivity contribution in [3.63, 3.8) is 0 Å². The maximum absolute atomic E-state index is 13.0. The van der Waals surface area contributed by atoms with Gasteiger partial charge < -0.3 is 9.64 Å². The Balaban J connectivity index is 1.05. The number of amides is 3. The third-order valence-corrected chi connectivity index (χ3v) is 9.11. The summed E-state index contributed by atoms with van der Waals surface area (Å²) >= 11 is 0. The maximum atomic E-state index is 13.0. The summed E-state index contributed by atoms with van der Waals surface area (Å²) in [5.41, 5.74) is 4.22. The van der Waals surface area contributed by atoms with E-state index in [1.165, 1.54) is 24.0 Å². The van der Waals surface area contributed by atoms with Gasteiger partial charge in [0.05, 0.1) is 12.6 Å². The monoisotopic (exact) mass is 535 g/mol. The van der Waals surface area contributed by atoms with E-state index in [9.17, 15) is 14.4 Å². The molecular weight excluding hydrogens is 502 g/mol. The van der Waals surface area contributed by atoms with Crippen LogP contribution in [0.15, 0.2) is 78.9 Å². The lowest BCUT2D eigenvalue weighted by Gasteiger charge is -2.57. The Bertz CT molecular complexity index is 1410. The Morgan fingerprint density at radius 1 is 0.925 bits per heavy atom. The van der Waals surface area contributed by atoms with Crippen LogP contribution >= 0.6 is 0 Å². The molecule has 3 amide bonds. The Kier molecular flexibility index (Phi) is 6.19. The minimum atomic E-state index is -0.608. The second kappa shape index (κ2) is 9.89. The van der Waals surface area contributed by atoms with E-state index in [4.69, 9.17) is 4.74 Å². The third-order valence-electron chi connectivity index (χ3n) is 9.11. The number of hydrogen-bond donors (Lipinski definition) is 1. The minimum absolute atomic E-state index is 0.109. The fraction of sp³-hybridized carbons (Fsp3) is 0.364. The zero-order chi connectivity index (χ0) is 27.3. The molecule has 0 aromatic heterocycles. The average Bonchev–Trinajstić information content (AvgIpc) is 3.28. The smallest absolute Gasteiger partial charge is 0.255 e. The van der Waals surface area contributed by atoms with E-state index < -0.39 is 11.9 Å². The quantitative estimate of drug-likeness (QED) is 0.456. The second-order valence-electron chi connectivity index (χ2n) is 11.9. The number of nitrogens with one attached hydrogen (secondary N) is 1. The summed E-state index contributed by atoms with van der Waals surface area (Å²) < 4.78 is 6.42. The van der Waals surface area contributed by atoms with Crippen LogP contribution in [0, 0.1) is 11.3 Å². The van der Waals surface area contributed by atoms with E-state index in [1.54, 1.807) is 4.90 Å². The SMILES string of the molecule is O=C1CCC(N2Cc3cc(OCC45CC(CN(C(c6ccccc6)c6ccccc6)C4)C5)ccc3C2=O)C(=O)N1. The lowest BCUT2D eigenvalue weighted by molar-refractivity contribution is -0.136. The Morgan fingerprint density at radius 2 is 1.62 bits per heavy atom. The van der Waals surface area contributed by atoms with Crippen molar-refractivity contribution in [2.24, 2.45) is 11.3 Å². The van der Waals surface area contributed by atoms with E-state index in [0.29, 0.717) is 31.1 Å². The Hall–Kier alpha value is -3.97. The fourth-order valence-corrected chi connectivity index (χ4v) is 7.37. The zero-order valence-corrected chi connectivity index (χ0v) is 22.4. The molecule has 8 rings (SSSR count). The van der Waals surface area contributed by atoms with Crippen LogP contribution in [-0.4, -0.2) is 53.3 Å². The number of carbonyl (C=O) groups excluding carboxylic acids is 3. The van der Waals surface area contributed by atoms with Gasteiger partial charge in [0.1, 0.15) is 11.8 Å². The highest BCUT2D eigenvalue weighted by Gasteiger charge is 2.52. The minimum Gasteiger partial charge on any atom is -0.493 e. The topological polar surface area (TPSA) is 79.0 Å². The number of rotatable bonds is 7. The molecule has 1 N–H and O–H groups in total. The molecule has 1 saturated carbocycles. The summed E-state index contributed by atoms with van der Waals surface area (Å²) in [6.45, 7) is 3.06. The van der Waals surface area contributed by atoms with Gasteiger partial charge in [0, 0.05) is 37.0 Å². The summed E-state index contributed by atoms with van der Waals surface area (Å²) in [5.74, 6) is 0.603. The molecule has 7 nitrogen and oxygen atoms in total. The van der Waals surface area contributed by atoms with Gasteiger partial charge in [-0.1, -0.05) is 60.7 Å². The average molecular weight is 536 g/mol. The van der Waals surface area contributed by atoms with E-state index in [-0.39, 0.29) is 29.7 Å². The van der Waals surface area contributed by atoms with Crippen LogP contribution < -0.4 is 10.1 Å². The summed E-state index contributed by atoms with van der Waals surface area (Å²) in [5, 5.41) is 2.36. The van der Waals surface area contributed by atoms with Crippen molar-refractivity contribution in [3.05, 3.63) is 101 Å². The fourth-order valence-electron chi connectivity index (χ4n) is 7.37. The number of carbonyl (C=O) groups is 3. The second-order valence-corrected chi connectivity index (χ2v) is 11.9. The van der Waals surface area contributed by atoms with Crippen molar-refractivity contribution in [1.29, 1.82) is 0 Å². The van der Waals surface area contributed by atoms with Gasteiger partial charge in [-0.2, -0.15) is 0 Å². The first kappa shape index (κ1) is 25.0. The third kappa shape index (κ3) is 4.48. The van der Waals surface area contributed by atoms with Crippen LogP contribution in [0.2, 0.25) is 0 Å². The van der Waals surface area contributed by atoms with Gasteiger partial charge in [-0.3, -0.25) is 24.6 Å². The van der Waals surface area contributed by atoms with Crippen LogP contribution in [0.25, 0.3) is 0 Å². The van der Waals surface area contributed by atoms with Gasteiger partial charge in [-0.05, 0) is 60.1 Å². The molecule has 3 aromatic rings. The Labute approximate surface area is 234 Å². The molecule has 1 atom stereocenters. The number of hydrogen-bond acceptors (Lipinski definition) is 5. The summed E-state index contributed by atoms with van der Waals surface area (Å²) in [7, 11) is 0. The lowest BCUT2D eigenvalue weighted by Crippen LogP contribution is -2.59. The van der Waals surface area contributed by atoms with E-state index in [0.717, 1.165) is 24.4 Å². The molecule has 0 spiro atoms. The van der Waals surface area contributed by atoms with Crippen molar-refractivity contribution >= 4 is 17.7 Å². The molecule has 2 bridgehead atoms. The van der Waals surface area contributed by atoms with Gasteiger partial charge in [-0.15, -0.1) is 0 Å². The van der Waals surface area contributed by atoms with E-state index in [2.05, 4.69) is 70.9 Å². The summed E-state index contributed by atoms with van der Waals surface area (Å²) in [6.07, 6.45) is 2.96. The molecule has 3 aromatic carbocycles. The van der Waals surface area contributed by atoms with Crippen molar-refractivity contribution < 1.29 is 19.1 Å².